The second-order valence-corrected chi connectivity index (χ2v) is 7.02. The number of nitrogens with zero attached hydrogens (tertiary/aromatic N) is 1. The van der Waals surface area contributed by atoms with Gasteiger partial charge in [0.05, 0.1) is 12.6 Å². The van der Waals surface area contributed by atoms with E-state index in [0.29, 0.717) is 23.9 Å². The minimum absolute atomic E-state index is 0.317. The zero-order valence-electron chi connectivity index (χ0n) is 15.6. The van der Waals surface area contributed by atoms with Gasteiger partial charge in [0.25, 0.3) is 0 Å². The molecule has 1 heterocycles. The molecular formula is C23H22F2N2O. The third kappa shape index (κ3) is 3.58. The zero-order valence-corrected chi connectivity index (χ0v) is 15.6. The zero-order chi connectivity index (χ0) is 19.7. The van der Waals surface area contributed by atoms with Crippen LogP contribution in [0.5, 0.6) is 0 Å². The van der Waals surface area contributed by atoms with Gasteiger partial charge in [0.1, 0.15) is 11.6 Å². The molecule has 0 bridgehead atoms. The summed E-state index contributed by atoms with van der Waals surface area (Å²) < 4.78 is 29.4. The van der Waals surface area contributed by atoms with Gasteiger partial charge >= 0.3 is 0 Å². The number of halogens is 2. The molecule has 0 spiro atoms. The van der Waals surface area contributed by atoms with Crippen molar-refractivity contribution >= 4 is 27.5 Å². The molecule has 1 unspecified atom stereocenters. The Morgan fingerprint density at radius 2 is 1.46 bits per heavy atom. The van der Waals surface area contributed by atoms with Crippen LogP contribution in [-0.2, 0) is 13.0 Å². The van der Waals surface area contributed by atoms with Crippen molar-refractivity contribution in [2.24, 2.45) is 0 Å². The summed E-state index contributed by atoms with van der Waals surface area (Å²) in [4.78, 5) is 0. The van der Waals surface area contributed by atoms with Crippen LogP contribution in [0, 0.1) is 11.6 Å². The maximum Gasteiger partial charge on any atom is 0.123 e. The Morgan fingerprint density at radius 1 is 0.893 bits per heavy atom. The molecule has 2 N–H and O–H groups in total. The summed E-state index contributed by atoms with van der Waals surface area (Å²) in [6, 6.07) is 17.0. The number of rotatable bonds is 6. The molecule has 0 aliphatic rings. The molecule has 1 atom stereocenters. The summed E-state index contributed by atoms with van der Waals surface area (Å²) in [6.45, 7) is 2.79. The number of aryl methyl sites for hydroxylation is 1. The first-order chi connectivity index (χ1) is 13.5. The molecule has 3 aromatic carbocycles. The van der Waals surface area contributed by atoms with Crippen molar-refractivity contribution in [2.75, 3.05) is 11.9 Å². The molecule has 0 amide bonds. The predicted octanol–water partition coefficient (Wildman–Crippen LogP) is 5.11. The van der Waals surface area contributed by atoms with Crippen molar-refractivity contribution in [3.8, 4) is 0 Å². The molecule has 0 fully saturated rings. The topological polar surface area (TPSA) is 37.2 Å². The average molecular weight is 380 g/mol. The number of aliphatic hydroxyl groups is 1. The average Bonchev–Trinajstić information content (AvgIpc) is 2.99. The highest BCUT2D eigenvalue weighted by atomic mass is 19.1. The third-order valence-corrected chi connectivity index (χ3v) is 5.09. The first-order valence-electron chi connectivity index (χ1n) is 9.43. The Labute approximate surface area is 162 Å². The van der Waals surface area contributed by atoms with Gasteiger partial charge in [-0.3, -0.25) is 0 Å². The van der Waals surface area contributed by atoms with Crippen molar-refractivity contribution in [1.29, 1.82) is 0 Å². The van der Waals surface area contributed by atoms with Crippen LogP contribution in [0.4, 0.5) is 14.5 Å². The van der Waals surface area contributed by atoms with E-state index in [1.807, 2.05) is 16.7 Å². The van der Waals surface area contributed by atoms with E-state index in [0.717, 1.165) is 23.1 Å². The van der Waals surface area contributed by atoms with Gasteiger partial charge in [-0.1, -0.05) is 19.1 Å². The molecule has 3 nitrogen and oxygen atoms in total. The Kier molecular flexibility index (Phi) is 5.01. The molecule has 144 valence electrons. The Hall–Kier alpha value is -2.92. The summed E-state index contributed by atoms with van der Waals surface area (Å²) in [5, 5.41) is 15.1. The summed E-state index contributed by atoms with van der Waals surface area (Å²) >= 11 is 0. The molecule has 0 radical (unpaired) electrons. The van der Waals surface area contributed by atoms with E-state index < -0.39 is 6.10 Å². The van der Waals surface area contributed by atoms with Crippen molar-refractivity contribution < 1.29 is 13.9 Å². The molecule has 0 saturated carbocycles. The van der Waals surface area contributed by atoms with E-state index >= 15 is 0 Å². The van der Waals surface area contributed by atoms with Gasteiger partial charge in [-0.15, -0.1) is 0 Å². The molecule has 0 aliphatic heterocycles. The highest BCUT2D eigenvalue weighted by Gasteiger charge is 2.15. The van der Waals surface area contributed by atoms with Gasteiger partial charge in [-0.2, -0.15) is 0 Å². The van der Waals surface area contributed by atoms with Gasteiger partial charge in [-0.25, -0.2) is 8.78 Å². The number of benzene rings is 3. The monoisotopic (exact) mass is 380 g/mol. The van der Waals surface area contributed by atoms with Crippen molar-refractivity contribution in [2.45, 2.75) is 26.0 Å². The molecule has 4 rings (SSSR count). The van der Waals surface area contributed by atoms with Crippen LogP contribution in [0.1, 0.15) is 12.5 Å². The number of anilines is 1. The van der Waals surface area contributed by atoms with E-state index in [-0.39, 0.29) is 11.6 Å². The van der Waals surface area contributed by atoms with Gasteiger partial charge in [0, 0.05) is 34.0 Å². The van der Waals surface area contributed by atoms with Crippen LogP contribution in [0.25, 0.3) is 21.8 Å². The number of aliphatic hydroxyl groups excluding tert-OH is 1. The summed E-state index contributed by atoms with van der Waals surface area (Å²) in [5.74, 6) is -0.734. The van der Waals surface area contributed by atoms with Gasteiger partial charge in [-0.05, 0) is 60.5 Å². The van der Waals surface area contributed by atoms with Gasteiger partial charge < -0.3 is 15.0 Å². The van der Waals surface area contributed by atoms with E-state index in [1.54, 1.807) is 12.1 Å². The third-order valence-electron chi connectivity index (χ3n) is 5.09. The number of nitrogens with one attached hydrogen (secondary N) is 1. The van der Waals surface area contributed by atoms with Crippen LogP contribution in [0.3, 0.4) is 0 Å². The van der Waals surface area contributed by atoms with Crippen molar-refractivity contribution in [1.82, 2.24) is 4.57 Å². The summed E-state index contributed by atoms with van der Waals surface area (Å²) in [5.41, 5.74) is 3.75. The lowest BCUT2D eigenvalue weighted by molar-refractivity contribution is 0.169. The fraction of sp³-hybridized carbons (Fsp3) is 0.217. The standard InChI is InChI=1S/C23H22F2N2O/c1-2-15-3-7-18(8-4-15)26-13-19(28)14-27-22-9-5-16(24)11-20(22)21-12-17(25)6-10-23(21)27/h3-12,19,26,28H,2,13-14H2,1H3. The Bertz CT molecular complexity index is 1060. The normalized spacial score (nSPS) is 12.6. The van der Waals surface area contributed by atoms with Crippen LogP contribution in [0.2, 0.25) is 0 Å². The second kappa shape index (κ2) is 7.60. The summed E-state index contributed by atoms with van der Waals surface area (Å²) in [6.07, 6.45) is 0.317. The molecular weight excluding hydrogens is 358 g/mol. The van der Waals surface area contributed by atoms with Gasteiger partial charge in [0.2, 0.25) is 0 Å². The maximum absolute atomic E-state index is 13.7. The minimum Gasteiger partial charge on any atom is -0.389 e. The number of fused-ring (bicyclic) bond motifs is 3. The smallest absolute Gasteiger partial charge is 0.123 e. The Morgan fingerprint density at radius 3 is 2.00 bits per heavy atom. The molecule has 28 heavy (non-hydrogen) atoms. The number of aromatic nitrogens is 1. The molecule has 0 aliphatic carbocycles. The Balaban J connectivity index is 1.59. The maximum atomic E-state index is 13.7. The van der Waals surface area contributed by atoms with Gasteiger partial charge in [0.15, 0.2) is 0 Å². The lowest BCUT2D eigenvalue weighted by Gasteiger charge is -2.16. The highest BCUT2D eigenvalue weighted by Crippen LogP contribution is 2.30. The van der Waals surface area contributed by atoms with E-state index in [9.17, 15) is 13.9 Å². The lowest BCUT2D eigenvalue weighted by Crippen LogP contribution is -2.24. The summed E-state index contributed by atoms with van der Waals surface area (Å²) in [7, 11) is 0. The molecule has 4 aromatic rings. The van der Waals surface area contributed by atoms with Crippen molar-refractivity contribution in [3.63, 3.8) is 0 Å². The predicted molar refractivity (Wildman–Crippen MR) is 110 cm³/mol. The highest BCUT2D eigenvalue weighted by molar-refractivity contribution is 6.08. The molecule has 0 saturated heterocycles. The number of hydrogen-bond donors (Lipinski definition) is 2. The fourth-order valence-electron chi connectivity index (χ4n) is 3.61. The minimum atomic E-state index is -0.667. The van der Waals surface area contributed by atoms with Crippen LogP contribution >= 0.6 is 0 Å². The second-order valence-electron chi connectivity index (χ2n) is 7.02. The molecule has 5 heteroatoms. The number of hydrogen-bond acceptors (Lipinski definition) is 2. The largest absolute Gasteiger partial charge is 0.389 e. The van der Waals surface area contributed by atoms with E-state index in [1.165, 1.54) is 29.8 Å². The first-order valence-corrected chi connectivity index (χ1v) is 9.43. The van der Waals surface area contributed by atoms with Crippen molar-refractivity contribution in [3.05, 3.63) is 77.9 Å². The van der Waals surface area contributed by atoms with Crippen LogP contribution in [0.15, 0.2) is 60.7 Å². The quantitative estimate of drug-likeness (QED) is 0.488. The fourth-order valence-corrected chi connectivity index (χ4v) is 3.61. The first kappa shape index (κ1) is 18.4. The lowest BCUT2D eigenvalue weighted by atomic mass is 10.1. The van der Waals surface area contributed by atoms with E-state index in [2.05, 4.69) is 24.4 Å². The van der Waals surface area contributed by atoms with E-state index in [4.69, 9.17) is 0 Å². The van der Waals surface area contributed by atoms with Crippen LogP contribution in [-0.4, -0.2) is 22.3 Å². The molecule has 1 aromatic heterocycles. The van der Waals surface area contributed by atoms with Crippen LogP contribution < -0.4 is 5.32 Å². The SMILES string of the molecule is CCc1ccc(NCC(O)Cn2c3ccc(F)cc3c3cc(F)ccc32)cc1.